The average molecular weight is 232 g/mol. The van der Waals surface area contributed by atoms with Crippen molar-refractivity contribution < 1.29 is 13.7 Å². The molecule has 0 heterocycles. The van der Waals surface area contributed by atoms with E-state index in [1.165, 1.54) is 0 Å². The molecule has 0 radical (unpaired) electrons. The summed E-state index contributed by atoms with van der Waals surface area (Å²) in [6.45, 7) is 0. The first-order chi connectivity index (χ1) is 7.06. The molecule has 0 bridgehead atoms. The summed E-state index contributed by atoms with van der Waals surface area (Å²) in [4.78, 5) is 9.51. The Labute approximate surface area is 88.8 Å². The van der Waals surface area contributed by atoms with Gasteiger partial charge in [-0.15, -0.1) is 11.6 Å². The normalized spacial score (nSPS) is 9.27. The van der Waals surface area contributed by atoms with E-state index in [4.69, 9.17) is 11.6 Å². The number of alkyl halides is 1. The monoisotopic (exact) mass is 231 g/mol. The van der Waals surface area contributed by atoms with Gasteiger partial charge in [-0.2, -0.15) is 4.39 Å². The predicted molar refractivity (Wildman–Crippen MR) is 50.6 cm³/mol. The summed E-state index contributed by atoms with van der Waals surface area (Å²) in [5, 5.41) is 10.5. The molecule has 0 aliphatic heterocycles. The molecule has 0 N–H and O–H groups in total. The Hall–Kier alpha value is -1.67. The van der Waals surface area contributed by atoms with Crippen LogP contribution in [0.15, 0.2) is 12.1 Å². The summed E-state index contributed by atoms with van der Waals surface area (Å²) in [7, 11) is 0. The smallest absolute Gasteiger partial charge is 0.258 e. The molecule has 0 atom stereocenters. The van der Waals surface area contributed by atoms with Gasteiger partial charge in [0.05, 0.1) is 10.8 Å². The Morgan fingerprint density at radius 3 is 2.67 bits per heavy atom. The van der Waals surface area contributed by atoms with E-state index in [2.05, 4.69) is 11.8 Å². The standard InChI is InChI=1S/C9H4ClF2NO2/c10-3-1-2-6-4-7(11)5-8(12)9(6)13(14)15/h4-5H,3H2. The number of nitrogens with zero attached hydrogens (tertiary/aromatic N) is 1. The minimum absolute atomic E-state index is 0.0741. The molecule has 1 rings (SSSR count). The van der Waals surface area contributed by atoms with E-state index in [9.17, 15) is 18.9 Å². The van der Waals surface area contributed by atoms with E-state index in [0.29, 0.717) is 6.07 Å². The highest BCUT2D eigenvalue weighted by Gasteiger charge is 2.20. The first kappa shape index (κ1) is 11.4. The van der Waals surface area contributed by atoms with E-state index in [-0.39, 0.29) is 11.4 Å². The molecule has 0 aliphatic rings. The Morgan fingerprint density at radius 2 is 2.13 bits per heavy atom. The van der Waals surface area contributed by atoms with Gasteiger partial charge in [0, 0.05) is 6.07 Å². The molecule has 6 heteroatoms. The highest BCUT2D eigenvalue weighted by molar-refractivity contribution is 6.19. The minimum Gasteiger partial charge on any atom is -0.258 e. The molecule has 0 saturated heterocycles. The summed E-state index contributed by atoms with van der Waals surface area (Å²) in [6.07, 6.45) is 0. The van der Waals surface area contributed by atoms with Crippen molar-refractivity contribution in [1.29, 1.82) is 0 Å². The van der Waals surface area contributed by atoms with Crippen LogP contribution >= 0.6 is 11.6 Å². The van der Waals surface area contributed by atoms with Crippen molar-refractivity contribution in [2.75, 3.05) is 5.88 Å². The van der Waals surface area contributed by atoms with Crippen molar-refractivity contribution in [1.82, 2.24) is 0 Å². The zero-order chi connectivity index (χ0) is 11.4. The van der Waals surface area contributed by atoms with Crippen molar-refractivity contribution >= 4 is 17.3 Å². The van der Waals surface area contributed by atoms with Crippen LogP contribution in [0.2, 0.25) is 0 Å². The SMILES string of the molecule is O=[N+]([O-])c1c(F)cc(F)cc1C#CCCl. The van der Waals surface area contributed by atoms with E-state index in [1.807, 2.05) is 0 Å². The lowest BCUT2D eigenvalue weighted by Gasteiger charge is -1.97. The van der Waals surface area contributed by atoms with E-state index < -0.39 is 22.2 Å². The van der Waals surface area contributed by atoms with Crippen LogP contribution in [0.4, 0.5) is 14.5 Å². The van der Waals surface area contributed by atoms with Crippen LogP contribution in [0.25, 0.3) is 0 Å². The molecule has 0 amide bonds. The zero-order valence-electron chi connectivity index (χ0n) is 7.26. The number of halogens is 3. The summed E-state index contributed by atoms with van der Waals surface area (Å²) in [5.74, 6) is 2.27. The summed E-state index contributed by atoms with van der Waals surface area (Å²) >= 11 is 5.23. The lowest BCUT2D eigenvalue weighted by molar-refractivity contribution is -0.387. The maximum atomic E-state index is 13.0. The molecular weight excluding hydrogens is 228 g/mol. The average Bonchev–Trinajstić information content (AvgIpc) is 2.12. The fourth-order valence-corrected chi connectivity index (χ4v) is 1.04. The topological polar surface area (TPSA) is 43.1 Å². The highest BCUT2D eigenvalue weighted by atomic mass is 35.5. The van der Waals surface area contributed by atoms with E-state index >= 15 is 0 Å². The van der Waals surface area contributed by atoms with Gasteiger partial charge in [0.15, 0.2) is 0 Å². The Balaban J connectivity index is 3.40. The largest absolute Gasteiger partial charge is 0.320 e. The minimum atomic E-state index is -1.25. The van der Waals surface area contributed by atoms with Gasteiger partial charge in [-0.1, -0.05) is 11.8 Å². The quantitative estimate of drug-likeness (QED) is 0.323. The number of hydrogen-bond acceptors (Lipinski definition) is 2. The fourth-order valence-electron chi connectivity index (χ4n) is 0.975. The van der Waals surface area contributed by atoms with Crippen LogP contribution in [-0.2, 0) is 0 Å². The fraction of sp³-hybridized carbons (Fsp3) is 0.111. The molecule has 0 aromatic heterocycles. The second-order valence-corrected chi connectivity index (χ2v) is 2.74. The first-order valence-electron chi connectivity index (χ1n) is 3.74. The number of nitro groups is 1. The number of benzene rings is 1. The molecule has 78 valence electrons. The number of hydrogen-bond donors (Lipinski definition) is 0. The third-order valence-corrected chi connectivity index (χ3v) is 1.63. The van der Waals surface area contributed by atoms with Crippen molar-refractivity contribution in [2.45, 2.75) is 0 Å². The van der Waals surface area contributed by atoms with Gasteiger partial charge in [0.2, 0.25) is 5.82 Å². The second kappa shape index (κ2) is 4.71. The molecular formula is C9H4ClF2NO2. The van der Waals surface area contributed by atoms with Gasteiger partial charge in [0.25, 0.3) is 0 Å². The summed E-state index contributed by atoms with van der Waals surface area (Å²) < 4.78 is 25.7. The maximum absolute atomic E-state index is 13.0. The van der Waals surface area contributed by atoms with Gasteiger partial charge in [-0.3, -0.25) is 10.1 Å². The lowest BCUT2D eigenvalue weighted by atomic mass is 10.1. The highest BCUT2D eigenvalue weighted by Crippen LogP contribution is 2.23. The molecule has 3 nitrogen and oxygen atoms in total. The van der Waals surface area contributed by atoms with Gasteiger partial charge in [-0.05, 0) is 6.07 Å². The molecule has 0 spiro atoms. The van der Waals surface area contributed by atoms with Crippen LogP contribution in [0, 0.1) is 33.6 Å². The molecule has 0 fully saturated rings. The van der Waals surface area contributed by atoms with Crippen molar-refractivity contribution in [2.24, 2.45) is 0 Å². The van der Waals surface area contributed by atoms with Crippen molar-refractivity contribution in [3.63, 3.8) is 0 Å². The van der Waals surface area contributed by atoms with E-state index in [0.717, 1.165) is 6.07 Å². The van der Waals surface area contributed by atoms with Gasteiger partial charge in [-0.25, -0.2) is 4.39 Å². The molecule has 0 saturated carbocycles. The zero-order valence-corrected chi connectivity index (χ0v) is 8.02. The van der Waals surface area contributed by atoms with E-state index in [1.54, 1.807) is 0 Å². The third-order valence-electron chi connectivity index (χ3n) is 1.50. The summed E-state index contributed by atoms with van der Waals surface area (Å²) in [6, 6.07) is 1.23. The maximum Gasteiger partial charge on any atom is 0.320 e. The van der Waals surface area contributed by atoms with Crippen LogP contribution in [0.3, 0.4) is 0 Å². The molecule has 1 aromatic carbocycles. The third kappa shape index (κ3) is 2.64. The molecule has 0 unspecified atom stereocenters. The Bertz CT molecular complexity index is 465. The van der Waals surface area contributed by atoms with Crippen molar-refractivity contribution in [3.05, 3.63) is 39.4 Å². The Morgan fingerprint density at radius 1 is 1.47 bits per heavy atom. The summed E-state index contributed by atoms with van der Waals surface area (Å²) in [5.41, 5.74) is -1.16. The van der Waals surface area contributed by atoms with Crippen molar-refractivity contribution in [3.8, 4) is 11.8 Å². The molecule has 15 heavy (non-hydrogen) atoms. The molecule has 0 aliphatic carbocycles. The van der Waals surface area contributed by atoms with Gasteiger partial charge >= 0.3 is 5.69 Å². The Kier molecular flexibility index (Phi) is 3.58. The van der Waals surface area contributed by atoms with Gasteiger partial charge in [0.1, 0.15) is 11.4 Å². The van der Waals surface area contributed by atoms with Crippen LogP contribution in [0.5, 0.6) is 0 Å². The number of nitro benzene ring substituents is 1. The second-order valence-electron chi connectivity index (χ2n) is 2.48. The first-order valence-corrected chi connectivity index (χ1v) is 4.28. The van der Waals surface area contributed by atoms with Gasteiger partial charge < -0.3 is 0 Å². The van der Waals surface area contributed by atoms with Crippen LogP contribution in [0.1, 0.15) is 5.56 Å². The van der Waals surface area contributed by atoms with Crippen LogP contribution < -0.4 is 0 Å². The van der Waals surface area contributed by atoms with Crippen LogP contribution in [-0.4, -0.2) is 10.8 Å². The lowest BCUT2D eigenvalue weighted by Crippen LogP contribution is -1.97. The predicted octanol–water partition coefficient (Wildman–Crippen LogP) is 2.46. The number of rotatable bonds is 1. The molecule has 1 aromatic rings.